The Morgan fingerprint density at radius 1 is 1.16 bits per heavy atom. The maximum absolute atomic E-state index is 13.2. The van der Waals surface area contributed by atoms with Crippen LogP contribution in [0.2, 0.25) is 0 Å². The first-order chi connectivity index (χ1) is 15.2. The molecule has 3 aromatic rings. The SMILES string of the molecule is CCC(C)NC(=O)CCNC(=O)c1cnn(-c2cccc(C(F)(F)F)c2)c1-n1cccc1. The van der Waals surface area contributed by atoms with E-state index in [-0.39, 0.29) is 42.0 Å². The minimum atomic E-state index is -4.51. The summed E-state index contributed by atoms with van der Waals surface area (Å²) in [6.45, 7) is 3.96. The third-order valence-corrected chi connectivity index (χ3v) is 4.91. The lowest BCUT2D eigenvalue weighted by Crippen LogP contribution is -2.35. The van der Waals surface area contributed by atoms with Crippen molar-refractivity contribution in [3.8, 4) is 11.5 Å². The van der Waals surface area contributed by atoms with Gasteiger partial charge in [0.1, 0.15) is 5.56 Å². The maximum atomic E-state index is 13.2. The number of carbonyl (C=O) groups is 2. The van der Waals surface area contributed by atoms with Gasteiger partial charge in [-0.15, -0.1) is 0 Å². The highest BCUT2D eigenvalue weighted by Crippen LogP contribution is 2.31. The van der Waals surface area contributed by atoms with E-state index in [1.807, 2.05) is 13.8 Å². The normalized spacial score (nSPS) is 12.4. The molecular weight excluding hydrogens is 423 g/mol. The van der Waals surface area contributed by atoms with Crippen LogP contribution in [-0.4, -0.2) is 38.7 Å². The molecule has 0 aliphatic rings. The first-order valence-electron chi connectivity index (χ1n) is 10.2. The third-order valence-electron chi connectivity index (χ3n) is 4.91. The highest BCUT2D eigenvalue weighted by Gasteiger charge is 2.31. The second kappa shape index (κ2) is 9.71. The molecule has 32 heavy (non-hydrogen) atoms. The number of aromatic nitrogens is 3. The topological polar surface area (TPSA) is 81.0 Å². The van der Waals surface area contributed by atoms with E-state index in [2.05, 4.69) is 15.7 Å². The Labute approximate surface area is 183 Å². The van der Waals surface area contributed by atoms with E-state index < -0.39 is 17.6 Å². The van der Waals surface area contributed by atoms with Gasteiger partial charge in [0.2, 0.25) is 5.91 Å². The molecule has 0 fully saturated rings. The van der Waals surface area contributed by atoms with Crippen LogP contribution in [0.5, 0.6) is 0 Å². The van der Waals surface area contributed by atoms with Gasteiger partial charge in [0.25, 0.3) is 5.91 Å². The summed E-state index contributed by atoms with van der Waals surface area (Å²) in [7, 11) is 0. The standard InChI is InChI=1S/C22H24F3N5O2/c1-3-15(2)28-19(31)9-10-26-20(32)18-14-27-30(21(18)29-11-4-5-12-29)17-8-6-7-16(13-17)22(23,24)25/h4-8,11-15H,3,9-10H2,1-2H3,(H,26,32)(H,28,31). The fourth-order valence-electron chi connectivity index (χ4n) is 3.06. The van der Waals surface area contributed by atoms with Crippen molar-refractivity contribution in [2.45, 2.75) is 38.9 Å². The van der Waals surface area contributed by atoms with Crippen molar-refractivity contribution >= 4 is 11.8 Å². The lowest BCUT2D eigenvalue weighted by Gasteiger charge is -2.13. The van der Waals surface area contributed by atoms with Gasteiger partial charge in [-0.3, -0.25) is 9.59 Å². The van der Waals surface area contributed by atoms with E-state index in [4.69, 9.17) is 0 Å². The predicted molar refractivity (Wildman–Crippen MR) is 113 cm³/mol. The molecule has 0 aliphatic carbocycles. The maximum Gasteiger partial charge on any atom is 0.416 e. The number of hydrogen-bond acceptors (Lipinski definition) is 3. The number of nitrogens with one attached hydrogen (secondary N) is 2. The molecule has 2 N–H and O–H groups in total. The average molecular weight is 447 g/mol. The van der Waals surface area contributed by atoms with Crippen LogP contribution in [0.3, 0.4) is 0 Å². The summed E-state index contributed by atoms with van der Waals surface area (Å²) in [6.07, 6.45) is 1.02. The van der Waals surface area contributed by atoms with E-state index in [9.17, 15) is 22.8 Å². The van der Waals surface area contributed by atoms with Gasteiger partial charge in [0.15, 0.2) is 5.82 Å². The predicted octanol–water partition coefficient (Wildman–Crippen LogP) is 3.72. The van der Waals surface area contributed by atoms with Gasteiger partial charge in [-0.2, -0.15) is 18.3 Å². The fraction of sp³-hybridized carbons (Fsp3) is 0.318. The lowest BCUT2D eigenvalue weighted by atomic mass is 10.2. The molecule has 2 amide bonds. The summed E-state index contributed by atoms with van der Waals surface area (Å²) < 4.78 is 42.4. The molecule has 1 atom stereocenters. The first-order valence-corrected chi connectivity index (χ1v) is 10.2. The van der Waals surface area contributed by atoms with E-state index in [1.165, 1.54) is 23.0 Å². The van der Waals surface area contributed by atoms with Gasteiger partial charge in [0.05, 0.1) is 17.4 Å². The largest absolute Gasteiger partial charge is 0.416 e. The van der Waals surface area contributed by atoms with E-state index in [0.717, 1.165) is 18.6 Å². The fourth-order valence-corrected chi connectivity index (χ4v) is 3.06. The molecule has 7 nitrogen and oxygen atoms in total. The van der Waals surface area contributed by atoms with Crippen molar-refractivity contribution < 1.29 is 22.8 Å². The number of alkyl halides is 3. The van der Waals surface area contributed by atoms with Crippen LogP contribution >= 0.6 is 0 Å². The first kappa shape index (κ1) is 23.1. The molecule has 0 saturated heterocycles. The zero-order chi connectivity index (χ0) is 23.3. The molecule has 0 spiro atoms. The Morgan fingerprint density at radius 3 is 2.53 bits per heavy atom. The number of hydrogen-bond donors (Lipinski definition) is 2. The van der Waals surface area contributed by atoms with Gasteiger partial charge in [0, 0.05) is 31.4 Å². The Morgan fingerprint density at radius 2 is 1.88 bits per heavy atom. The summed E-state index contributed by atoms with van der Waals surface area (Å²) in [5, 5.41) is 9.66. The molecule has 2 heterocycles. The van der Waals surface area contributed by atoms with Crippen molar-refractivity contribution in [3.63, 3.8) is 0 Å². The quantitative estimate of drug-likeness (QED) is 0.552. The van der Waals surface area contributed by atoms with Crippen LogP contribution in [0.4, 0.5) is 13.2 Å². The van der Waals surface area contributed by atoms with E-state index in [1.54, 1.807) is 29.1 Å². The van der Waals surface area contributed by atoms with Crippen LogP contribution in [0.15, 0.2) is 55.0 Å². The molecular formula is C22H24F3N5O2. The Bertz CT molecular complexity index is 1070. The Balaban J connectivity index is 1.85. The second-order valence-electron chi connectivity index (χ2n) is 7.31. The number of rotatable bonds is 8. The van der Waals surface area contributed by atoms with Crippen LogP contribution in [-0.2, 0) is 11.0 Å². The monoisotopic (exact) mass is 447 g/mol. The Kier molecular flexibility index (Phi) is 7.01. The van der Waals surface area contributed by atoms with Crippen LogP contribution in [0, 0.1) is 0 Å². The van der Waals surface area contributed by atoms with Crippen LogP contribution in [0.1, 0.15) is 42.6 Å². The minimum absolute atomic E-state index is 0.0456. The van der Waals surface area contributed by atoms with Gasteiger partial charge in [-0.1, -0.05) is 13.0 Å². The molecule has 0 bridgehead atoms. The zero-order valence-electron chi connectivity index (χ0n) is 17.7. The van der Waals surface area contributed by atoms with Gasteiger partial charge >= 0.3 is 6.18 Å². The van der Waals surface area contributed by atoms with Crippen molar-refractivity contribution in [1.82, 2.24) is 25.0 Å². The number of carbonyl (C=O) groups excluding carboxylic acids is 2. The summed E-state index contributed by atoms with van der Waals surface area (Å²) in [6, 6.07) is 8.21. The zero-order valence-corrected chi connectivity index (χ0v) is 17.7. The third kappa shape index (κ3) is 5.37. The molecule has 3 rings (SSSR count). The molecule has 0 radical (unpaired) electrons. The molecule has 0 aliphatic heterocycles. The number of benzene rings is 1. The van der Waals surface area contributed by atoms with E-state index in [0.29, 0.717) is 0 Å². The smallest absolute Gasteiger partial charge is 0.354 e. The van der Waals surface area contributed by atoms with Gasteiger partial charge < -0.3 is 15.2 Å². The summed E-state index contributed by atoms with van der Waals surface area (Å²) in [5.74, 6) is -0.371. The van der Waals surface area contributed by atoms with Gasteiger partial charge in [-0.25, -0.2) is 4.68 Å². The second-order valence-corrected chi connectivity index (χ2v) is 7.31. The van der Waals surface area contributed by atoms with Gasteiger partial charge in [-0.05, 0) is 43.7 Å². The number of amides is 2. The molecule has 10 heteroatoms. The summed E-state index contributed by atoms with van der Waals surface area (Å²) in [5.41, 5.74) is -0.487. The molecule has 1 unspecified atom stereocenters. The lowest BCUT2D eigenvalue weighted by molar-refractivity contribution is -0.137. The van der Waals surface area contributed by atoms with Crippen LogP contribution < -0.4 is 10.6 Å². The summed E-state index contributed by atoms with van der Waals surface area (Å²) >= 11 is 0. The number of nitrogens with zero attached hydrogens (tertiary/aromatic N) is 3. The molecule has 170 valence electrons. The van der Waals surface area contributed by atoms with Crippen molar-refractivity contribution in [2.24, 2.45) is 0 Å². The highest BCUT2D eigenvalue weighted by molar-refractivity contribution is 5.97. The molecule has 1 aromatic carbocycles. The molecule has 2 aromatic heterocycles. The van der Waals surface area contributed by atoms with E-state index >= 15 is 0 Å². The van der Waals surface area contributed by atoms with Crippen molar-refractivity contribution in [1.29, 1.82) is 0 Å². The highest BCUT2D eigenvalue weighted by atomic mass is 19.4. The molecule has 0 saturated carbocycles. The average Bonchev–Trinajstić information content (AvgIpc) is 3.42. The summed E-state index contributed by atoms with van der Waals surface area (Å²) in [4.78, 5) is 24.7. The number of halogens is 3. The van der Waals surface area contributed by atoms with Crippen molar-refractivity contribution in [3.05, 3.63) is 66.1 Å². The van der Waals surface area contributed by atoms with Crippen LogP contribution in [0.25, 0.3) is 11.5 Å². The minimum Gasteiger partial charge on any atom is -0.354 e. The Hall–Kier alpha value is -3.56. The van der Waals surface area contributed by atoms with Crippen molar-refractivity contribution in [2.75, 3.05) is 6.54 Å².